The molecule has 1 atom stereocenters. The van der Waals surface area contributed by atoms with Gasteiger partial charge in [0.05, 0.1) is 24.9 Å². The van der Waals surface area contributed by atoms with Crippen molar-refractivity contribution in [2.24, 2.45) is 0 Å². The van der Waals surface area contributed by atoms with Crippen LogP contribution in [0.15, 0.2) is 12.4 Å². The first-order valence-electron chi connectivity index (χ1n) is 5.29. The molecule has 2 aromatic rings. The fourth-order valence-electron chi connectivity index (χ4n) is 2.00. The number of aromatic nitrogens is 3. The van der Waals surface area contributed by atoms with E-state index in [4.69, 9.17) is 4.74 Å². The molecule has 1 unspecified atom stereocenters. The Morgan fingerprint density at radius 3 is 2.82 bits per heavy atom. The van der Waals surface area contributed by atoms with Crippen molar-refractivity contribution in [2.45, 2.75) is 25.2 Å². The molecule has 2 heterocycles. The molecule has 0 saturated heterocycles. The third kappa shape index (κ3) is 1.47. The van der Waals surface area contributed by atoms with Crippen molar-refractivity contribution in [3.63, 3.8) is 0 Å². The van der Waals surface area contributed by atoms with Gasteiger partial charge in [0.2, 0.25) is 5.88 Å². The Kier molecular flexibility index (Phi) is 1.93. The van der Waals surface area contributed by atoms with E-state index in [9.17, 15) is 8.78 Å². The molecule has 0 radical (unpaired) electrons. The number of ether oxygens (including phenoxy) is 1. The van der Waals surface area contributed by atoms with Crippen molar-refractivity contribution in [3.05, 3.63) is 23.9 Å². The minimum absolute atomic E-state index is 0.129. The minimum atomic E-state index is -2.62. The first-order valence-corrected chi connectivity index (χ1v) is 5.29. The van der Waals surface area contributed by atoms with E-state index >= 15 is 0 Å². The number of rotatable bonds is 2. The molecule has 1 aliphatic carbocycles. The Bertz CT molecular complexity index is 594. The minimum Gasteiger partial charge on any atom is -0.479 e. The highest BCUT2D eigenvalue weighted by Gasteiger charge is 2.59. The van der Waals surface area contributed by atoms with Crippen LogP contribution in [0, 0.1) is 6.92 Å². The van der Waals surface area contributed by atoms with E-state index < -0.39 is 11.8 Å². The lowest BCUT2D eigenvalue weighted by Crippen LogP contribution is -2.01. The van der Waals surface area contributed by atoms with Crippen LogP contribution >= 0.6 is 0 Å². The second kappa shape index (κ2) is 3.15. The van der Waals surface area contributed by atoms with E-state index in [1.54, 1.807) is 17.5 Å². The van der Waals surface area contributed by atoms with Gasteiger partial charge in [0.15, 0.2) is 0 Å². The average Bonchev–Trinajstić information content (AvgIpc) is 2.72. The van der Waals surface area contributed by atoms with Crippen LogP contribution in [0.1, 0.15) is 23.9 Å². The van der Waals surface area contributed by atoms with Crippen molar-refractivity contribution >= 4 is 5.52 Å². The van der Waals surface area contributed by atoms with E-state index in [0.29, 0.717) is 22.9 Å². The molecule has 0 aromatic carbocycles. The van der Waals surface area contributed by atoms with E-state index in [1.807, 2.05) is 0 Å². The molecule has 4 nitrogen and oxygen atoms in total. The van der Waals surface area contributed by atoms with Gasteiger partial charge in [-0.25, -0.2) is 18.7 Å². The van der Waals surface area contributed by atoms with E-state index in [1.165, 1.54) is 13.3 Å². The SMILES string of the molecule is COc1nc(C)cn2c(C3CC3(F)F)ncc12. The van der Waals surface area contributed by atoms with Crippen LogP contribution in [-0.2, 0) is 0 Å². The zero-order valence-corrected chi connectivity index (χ0v) is 9.44. The number of halogens is 2. The van der Waals surface area contributed by atoms with Gasteiger partial charge < -0.3 is 4.74 Å². The van der Waals surface area contributed by atoms with Crippen LogP contribution in [-0.4, -0.2) is 27.4 Å². The molecule has 0 N–H and O–H groups in total. The van der Waals surface area contributed by atoms with Crippen molar-refractivity contribution in [1.82, 2.24) is 14.4 Å². The third-order valence-electron chi connectivity index (χ3n) is 2.97. The van der Waals surface area contributed by atoms with Crippen LogP contribution in [0.4, 0.5) is 8.78 Å². The monoisotopic (exact) mass is 239 g/mol. The van der Waals surface area contributed by atoms with Gasteiger partial charge in [-0.1, -0.05) is 0 Å². The van der Waals surface area contributed by atoms with Gasteiger partial charge >= 0.3 is 0 Å². The summed E-state index contributed by atoms with van der Waals surface area (Å²) in [5.74, 6) is -2.61. The summed E-state index contributed by atoms with van der Waals surface area (Å²) >= 11 is 0. The fourth-order valence-corrected chi connectivity index (χ4v) is 2.00. The highest BCUT2D eigenvalue weighted by molar-refractivity contribution is 5.56. The summed E-state index contributed by atoms with van der Waals surface area (Å²) in [6.45, 7) is 1.79. The van der Waals surface area contributed by atoms with Gasteiger partial charge in [-0.3, -0.25) is 4.40 Å². The number of nitrogens with zero attached hydrogens (tertiary/aromatic N) is 3. The molecule has 1 saturated carbocycles. The number of imidazole rings is 1. The summed E-state index contributed by atoms with van der Waals surface area (Å²) in [4.78, 5) is 8.24. The first-order chi connectivity index (χ1) is 8.03. The lowest BCUT2D eigenvalue weighted by molar-refractivity contribution is 0.111. The molecule has 0 spiro atoms. The molecule has 17 heavy (non-hydrogen) atoms. The molecule has 0 amide bonds. The van der Waals surface area contributed by atoms with Crippen LogP contribution in [0.3, 0.4) is 0 Å². The van der Waals surface area contributed by atoms with Crippen LogP contribution in [0.2, 0.25) is 0 Å². The quantitative estimate of drug-likeness (QED) is 0.806. The maximum Gasteiger partial charge on any atom is 0.259 e. The zero-order chi connectivity index (χ0) is 12.2. The van der Waals surface area contributed by atoms with Gasteiger partial charge in [0.1, 0.15) is 11.3 Å². The number of alkyl halides is 2. The predicted octanol–water partition coefficient (Wildman–Crippen LogP) is 2.17. The largest absolute Gasteiger partial charge is 0.479 e. The second-order valence-electron chi connectivity index (χ2n) is 4.28. The second-order valence-corrected chi connectivity index (χ2v) is 4.28. The van der Waals surface area contributed by atoms with Gasteiger partial charge in [-0.15, -0.1) is 0 Å². The topological polar surface area (TPSA) is 39.4 Å². The standard InChI is InChI=1S/C11H11F2N3O/c1-6-5-16-8(10(15-6)17-2)4-14-9(16)7-3-11(7,12)13/h4-5,7H,3H2,1-2H3. The Balaban J connectivity index is 2.19. The first kappa shape index (κ1) is 10.4. The predicted molar refractivity (Wildman–Crippen MR) is 56.6 cm³/mol. The molecule has 6 heteroatoms. The fraction of sp³-hybridized carbons (Fsp3) is 0.455. The molecule has 90 valence electrons. The lowest BCUT2D eigenvalue weighted by atomic mass is 10.4. The maximum atomic E-state index is 13.1. The Labute approximate surface area is 96.3 Å². The summed E-state index contributed by atoms with van der Waals surface area (Å²) in [6.07, 6.45) is 3.10. The van der Waals surface area contributed by atoms with E-state index in [-0.39, 0.29) is 6.42 Å². The molecule has 0 aliphatic heterocycles. The molecule has 3 rings (SSSR count). The summed E-state index contributed by atoms with van der Waals surface area (Å²) in [7, 11) is 1.50. The van der Waals surface area contributed by atoms with E-state index in [0.717, 1.165) is 0 Å². The number of fused-ring (bicyclic) bond motifs is 1. The summed E-state index contributed by atoms with van der Waals surface area (Å²) in [5, 5.41) is 0. The van der Waals surface area contributed by atoms with Gasteiger partial charge in [-0.05, 0) is 6.92 Å². The third-order valence-corrected chi connectivity index (χ3v) is 2.97. The van der Waals surface area contributed by atoms with E-state index in [2.05, 4.69) is 9.97 Å². The lowest BCUT2D eigenvalue weighted by Gasteiger charge is -2.05. The van der Waals surface area contributed by atoms with Gasteiger partial charge in [0, 0.05) is 12.6 Å². The maximum absolute atomic E-state index is 13.1. The highest BCUT2D eigenvalue weighted by atomic mass is 19.3. The normalized spacial score (nSPS) is 21.8. The number of methoxy groups -OCH3 is 1. The molecular formula is C11H11F2N3O. The molecular weight excluding hydrogens is 228 g/mol. The smallest absolute Gasteiger partial charge is 0.259 e. The summed E-state index contributed by atoms with van der Waals surface area (Å²) < 4.78 is 32.9. The van der Waals surface area contributed by atoms with Crippen LogP contribution in [0.5, 0.6) is 5.88 Å². The zero-order valence-electron chi connectivity index (χ0n) is 9.44. The molecule has 1 aliphatic rings. The Hall–Kier alpha value is -1.72. The molecule has 0 bridgehead atoms. The number of aryl methyl sites for hydroxylation is 1. The van der Waals surface area contributed by atoms with Crippen molar-refractivity contribution in [3.8, 4) is 5.88 Å². The van der Waals surface area contributed by atoms with Gasteiger partial charge in [-0.2, -0.15) is 0 Å². The van der Waals surface area contributed by atoms with Crippen molar-refractivity contribution in [2.75, 3.05) is 7.11 Å². The summed E-state index contributed by atoms with van der Waals surface area (Å²) in [5.41, 5.74) is 1.33. The highest BCUT2D eigenvalue weighted by Crippen LogP contribution is 2.55. The van der Waals surface area contributed by atoms with Gasteiger partial charge in [0.25, 0.3) is 5.92 Å². The van der Waals surface area contributed by atoms with Crippen LogP contribution < -0.4 is 4.74 Å². The number of hydrogen-bond acceptors (Lipinski definition) is 3. The van der Waals surface area contributed by atoms with Crippen molar-refractivity contribution in [1.29, 1.82) is 0 Å². The number of hydrogen-bond donors (Lipinski definition) is 0. The van der Waals surface area contributed by atoms with Crippen LogP contribution in [0.25, 0.3) is 5.52 Å². The Morgan fingerprint density at radius 2 is 2.24 bits per heavy atom. The Morgan fingerprint density at radius 1 is 1.53 bits per heavy atom. The van der Waals surface area contributed by atoms with Crippen molar-refractivity contribution < 1.29 is 13.5 Å². The summed E-state index contributed by atoms with van der Waals surface area (Å²) in [6, 6.07) is 0. The molecule has 1 fully saturated rings. The molecule has 2 aromatic heterocycles. The average molecular weight is 239 g/mol.